The number of benzene rings is 1. The van der Waals surface area contributed by atoms with Gasteiger partial charge in [0.2, 0.25) is 0 Å². The van der Waals surface area contributed by atoms with Crippen LogP contribution in [-0.2, 0) is 0 Å². The summed E-state index contributed by atoms with van der Waals surface area (Å²) in [7, 11) is 0. The first-order valence-electron chi connectivity index (χ1n) is 4.25. The van der Waals surface area contributed by atoms with Crippen molar-refractivity contribution in [1.82, 2.24) is 5.32 Å². The van der Waals surface area contributed by atoms with Crippen molar-refractivity contribution in [2.24, 2.45) is 0 Å². The predicted molar refractivity (Wildman–Crippen MR) is 54.2 cm³/mol. The molecule has 1 atom stereocenters. The normalized spacial score (nSPS) is 20.5. The van der Waals surface area contributed by atoms with Gasteiger partial charge in [-0.1, -0.05) is 12.1 Å². The summed E-state index contributed by atoms with van der Waals surface area (Å²) in [5.74, 6) is 0. The van der Waals surface area contributed by atoms with Crippen LogP contribution >= 0.6 is 15.9 Å². The molecule has 13 heavy (non-hydrogen) atoms. The van der Waals surface area contributed by atoms with E-state index in [1.807, 2.05) is 12.1 Å². The monoisotopic (exact) mass is 236 g/mol. The highest BCUT2D eigenvalue weighted by molar-refractivity contribution is 9.10. The molecule has 1 fully saturated rings. The minimum Gasteiger partial charge on any atom is -0.310 e. The Labute approximate surface area is 85.7 Å². The maximum atomic E-state index is 8.81. The van der Waals surface area contributed by atoms with E-state index in [4.69, 9.17) is 5.26 Å². The molecular formula is C10H9BrN2. The van der Waals surface area contributed by atoms with Crippen LogP contribution in [0.15, 0.2) is 22.7 Å². The van der Waals surface area contributed by atoms with Crippen LogP contribution in [-0.4, -0.2) is 6.54 Å². The van der Waals surface area contributed by atoms with Gasteiger partial charge < -0.3 is 5.32 Å². The second-order valence-corrected chi connectivity index (χ2v) is 3.91. The zero-order valence-electron chi connectivity index (χ0n) is 7.05. The number of rotatable bonds is 1. The first-order chi connectivity index (χ1) is 6.33. The molecule has 1 aliphatic rings. The van der Waals surface area contributed by atoms with Crippen molar-refractivity contribution in [3.05, 3.63) is 33.8 Å². The van der Waals surface area contributed by atoms with Crippen LogP contribution in [0.25, 0.3) is 0 Å². The Bertz CT molecular complexity index is 364. The summed E-state index contributed by atoms with van der Waals surface area (Å²) >= 11 is 3.45. The van der Waals surface area contributed by atoms with Gasteiger partial charge in [0, 0.05) is 10.5 Å². The molecule has 3 heteroatoms. The maximum Gasteiger partial charge on any atom is 0.100 e. The second-order valence-electron chi connectivity index (χ2n) is 3.12. The largest absolute Gasteiger partial charge is 0.310 e. The summed E-state index contributed by atoms with van der Waals surface area (Å²) in [5.41, 5.74) is 1.91. The minimum absolute atomic E-state index is 0.433. The zero-order chi connectivity index (χ0) is 9.26. The average Bonchev–Trinajstić information content (AvgIpc) is 2.05. The van der Waals surface area contributed by atoms with Crippen LogP contribution in [0.5, 0.6) is 0 Å². The van der Waals surface area contributed by atoms with Gasteiger partial charge in [-0.25, -0.2) is 0 Å². The lowest BCUT2D eigenvalue weighted by atomic mass is 9.97. The lowest BCUT2D eigenvalue weighted by Crippen LogP contribution is -2.35. The molecule has 66 valence electrons. The fraction of sp³-hybridized carbons (Fsp3) is 0.300. The van der Waals surface area contributed by atoms with Crippen molar-refractivity contribution in [3.8, 4) is 6.07 Å². The fourth-order valence-corrected chi connectivity index (χ4v) is 2.09. The smallest absolute Gasteiger partial charge is 0.100 e. The molecule has 1 aliphatic heterocycles. The first-order valence-corrected chi connectivity index (χ1v) is 5.04. The zero-order valence-corrected chi connectivity index (χ0v) is 8.63. The van der Waals surface area contributed by atoms with E-state index in [1.165, 1.54) is 5.56 Å². The van der Waals surface area contributed by atoms with E-state index in [-0.39, 0.29) is 0 Å². The van der Waals surface area contributed by atoms with E-state index in [0.29, 0.717) is 11.6 Å². The molecular weight excluding hydrogens is 228 g/mol. The van der Waals surface area contributed by atoms with Gasteiger partial charge >= 0.3 is 0 Å². The molecule has 1 saturated heterocycles. The highest BCUT2D eigenvalue weighted by Gasteiger charge is 2.21. The van der Waals surface area contributed by atoms with Gasteiger partial charge in [0.15, 0.2) is 0 Å². The Hall–Kier alpha value is -0.850. The highest BCUT2D eigenvalue weighted by Crippen LogP contribution is 2.31. The number of halogens is 1. The molecule has 1 aromatic carbocycles. The van der Waals surface area contributed by atoms with Gasteiger partial charge in [-0.15, -0.1) is 0 Å². The third-order valence-electron chi connectivity index (χ3n) is 2.35. The summed E-state index contributed by atoms with van der Waals surface area (Å²) in [6.45, 7) is 1.08. The lowest BCUT2D eigenvalue weighted by Gasteiger charge is -2.29. The lowest BCUT2D eigenvalue weighted by molar-refractivity contribution is 0.382. The number of hydrogen-bond acceptors (Lipinski definition) is 2. The summed E-state index contributed by atoms with van der Waals surface area (Å²) in [6.07, 6.45) is 1.16. The van der Waals surface area contributed by atoms with Crippen LogP contribution in [0, 0.1) is 11.3 Å². The topological polar surface area (TPSA) is 35.8 Å². The molecule has 0 saturated carbocycles. The number of nitrogens with zero attached hydrogens (tertiary/aromatic N) is 1. The van der Waals surface area contributed by atoms with Crippen molar-refractivity contribution >= 4 is 15.9 Å². The number of nitriles is 1. The number of hydrogen-bond donors (Lipinski definition) is 1. The van der Waals surface area contributed by atoms with Crippen molar-refractivity contribution < 1.29 is 0 Å². The van der Waals surface area contributed by atoms with Crippen LogP contribution in [0.3, 0.4) is 0 Å². The summed E-state index contributed by atoms with van der Waals surface area (Å²) in [4.78, 5) is 0. The predicted octanol–water partition coefficient (Wildman–Crippen LogP) is 2.36. The molecule has 0 unspecified atom stereocenters. The summed E-state index contributed by atoms with van der Waals surface area (Å²) < 4.78 is 0.940. The number of nitrogens with one attached hydrogen (secondary N) is 1. The fourth-order valence-electron chi connectivity index (χ4n) is 1.46. The van der Waals surface area contributed by atoms with Gasteiger partial charge in [-0.3, -0.25) is 0 Å². The summed E-state index contributed by atoms with van der Waals surface area (Å²) in [6, 6.07) is 8.41. The summed E-state index contributed by atoms with van der Waals surface area (Å²) in [5, 5.41) is 12.1. The van der Waals surface area contributed by atoms with Gasteiger partial charge in [-0.05, 0) is 40.5 Å². The minimum atomic E-state index is 0.433. The van der Waals surface area contributed by atoms with Crippen molar-refractivity contribution in [3.63, 3.8) is 0 Å². The molecule has 0 radical (unpaired) electrons. The first kappa shape index (κ1) is 8.74. The van der Waals surface area contributed by atoms with Crippen LogP contribution < -0.4 is 5.32 Å². The van der Waals surface area contributed by atoms with Crippen LogP contribution in [0.2, 0.25) is 0 Å². The molecule has 2 rings (SSSR count). The van der Waals surface area contributed by atoms with E-state index < -0.39 is 0 Å². The van der Waals surface area contributed by atoms with Crippen molar-refractivity contribution in [2.75, 3.05) is 6.54 Å². The standard InChI is InChI=1S/C10H9BrN2/c11-10-7(6-12)2-1-3-8(10)9-4-5-13-9/h1-3,9,13H,4-5H2/t9-/m1/s1. The van der Waals surface area contributed by atoms with Gasteiger partial charge in [0.1, 0.15) is 6.07 Å². The molecule has 0 spiro atoms. The van der Waals surface area contributed by atoms with Gasteiger partial charge in [0.25, 0.3) is 0 Å². The van der Waals surface area contributed by atoms with Crippen LogP contribution in [0.1, 0.15) is 23.6 Å². The Morgan fingerprint density at radius 1 is 1.54 bits per heavy atom. The Kier molecular flexibility index (Phi) is 2.34. The Morgan fingerprint density at radius 3 is 2.85 bits per heavy atom. The quantitative estimate of drug-likeness (QED) is 0.813. The molecule has 1 aromatic rings. The van der Waals surface area contributed by atoms with E-state index in [1.54, 1.807) is 0 Å². The average molecular weight is 237 g/mol. The van der Waals surface area contributed by atoms with E-state index in [0.717, 1.165) is 17.4 Å². The second kappa shape index (κ2) is 3.49. The van der Waals surface area contributed by atoms with E-state index >= 15 is 0 Å². The van der Waals surface area contributed by atoms with Crippen LogP contribution in [0.4, 0.5) is 0 Å². The third-order valence-corrected chi connectivity index (χ3v) is 3.23. The van der Waals surface area contributed by atoms with Gasteiger partial charge in [-0.2, -0.15) is 5.26 Å². The maximum absolute atomic E-state index is 8.81. The molecule has 0 aliphatic carbocycles. The third kappa shape index (κ3) is 1.48. The Morgan fingerprint density at radius 2 is 2.31 bits per heavy atom. The van der Waals surface area contributed by atoms with Gasteiger partial charge in [0.05, 0.1) is 5.56 Å². The Balaban J connectivity index is 2.40. The molecule has 1 N–H and O–H groups in total. The molecule has 0 aromatic heterocycles. The molecule has 0 amide bonds. The van der Waals surface area contributed by atoms with E-state index in [2.05, 4.69) is 33.4 Å². The highest BCUT2D eigenvalue weighted by atomic mass is 79.9. The van der Waals surface area contributed by atoms with Crippen molar-refractivity contribution in [1.29, 1.82) is 5.26 Å². The van der Waals surface area contributed by atoms with E-state index in [9.17, 15) is 0 Å². The molecule has 1 heterocycles. The molecule has 2 nitrogen and oxygen atoms in total. The molecule has 0 bridgehead atoms. The van der Waals surface area contributed by atoms with Crippen molar-refractivity contribution in [2.45, 2.75) is 12.5 Å². The SMILES string of the molecule is N#Cc1cccc([C@H]2CCN2)c1Br.